The van der Waals surface area contributed by atoms with Crippen LogP contribution in [0, 0.1) is 13.8 Å². The lowest BCUT2D eigenvalue weighted by Crippen LogP contribution is -1.87. The van der Waals surface area contributed by atoms with Crippen LogP contribution in [0.15, 0.2) is 100.0 Å². The third-order valence-corrected chi connectivity index (χ3v) is 6.79. The van der Waals surface area contributed by atoms with Gasteiger partial charge in [0.25, 0.3) is 0 Å². The summed E-state index contributed by atoms with van der Waals surface area (Å²) in [5.41, 5.74) is 10.00. The second-order valence-electron chi connectivity index (χ2n) is 8.90. The van der Waals surface area contributed by atoms with Crippen LogP contribution in [0.3, 0.4) is 0 Å². The average Bonchev–Trinajstić information content (AvgIpc) is 3.44. The van der Waals surface area contributed by atoms with Crippen molar-refractivity contribution < 1.29 is 8.83 Å². The van der Waals surface area contributed by atoms with Crippen molar-refractivity contribution in [1.29, 1.82) is 0 Å². The smallest absolute Gasteiger partial charge is 0.179 e. The first kappa shape index (κ1) is 19.1. The summed E-state index contributed by atoms with van der Waals surface area (Å²) in [4.78, 5) is 4.66. The Balaban J connectivity index is 1.65. The Morgan fingerprint density at radius 2 is 1.29 bits per heavy atom. The molecule has 34 heavy (non-hydrogen) atoms. The minimum absolute atomic E-state index is 0.797. The van der Waals surface area contributed by atoms with Gasteiger partial charge in [0.1, 0.15) is 11.2 Å². The fraction of sp³-hybridized carbons (Fsp3) is 0.0645. The van der Waals surface area contributed by atoms with Gasteiger partial charge in [-0.15, -0.1) is 0 Å². The summed E-state index contributed by atoms with van der Waals surface area (Å²) in [6.07, 6.45) is 1.89. The highest BCUT2D eigenvalue weighted by Gasteiger charge is 2.22. The van der Waals surface area contributed by atoms with E-state index in [0.717, 1.165) is 66.3 Å². The fourth-order valence-electron chi connectivity index (χ4n) is 5.20. The first-order valence-corrected chi connectivity index (χ1v) is 11.5. The van der Waals surface area contributed by atoms with Crippen molar-refractivity contribution in [3.05, 3.63) is 102 Å². The molecule has 0 N–H and O–H groups in total. The number of nitrogens with zero attached hydrogens (tertiary/aromatic N) is 1. The number of aromatic nitrogens is 1. The van der Waals surface area contributed by atoms with Gasteiger partial charge in [0.05, 0.1) is 5.69 Å². The summed E-state index contributed by atoms with van der Waals surface area (Å²) < 4.78 is 12.9. The molecule has 3 heterocycles. The van der Waals surface area contributed by atoms with Gasteiger partial charge in [-0.05, 0) is 66.4 Å². The lowest BCUT2D eigenvalue weighted by molar-refractivity contribution is 0.633. The zero-order valence-electron chi connectivity index (χ0n) is 18.9. The van der Waals surface area contributed by atoms with Crippen LogP contribution in [0.4, 0.5) is 0 Å². The number of furan rings is 2. The molecule has 0 atom stereocenters. The minimum atomic E-state index is 0.797. The van der Waals surface area contributed by atoms with Gasteiger partial charge in [-0.1, -0.05) is 54.6 Å². The quantitative estimate of drug-likeness (QED) is 0.270. The van der Waals surface area contributed by atoms with Crippen LogP contribution < -0.4 is 0 Å². The van der Waals surface area contributed by atoms with Crippen molar-refractivity contribution >= 4 is 43.9 Å². The van der Waals surface area contributed by atoms with Crippen LogP contribution in [0.2, 0.25) is 0 Å². The molecule has 0 aliphatic heterocycles. The summed E-state index contributed by atoms with van der Waals surface area (Å²) in [5, 5.41) is 4.42. The first-order valence-electron chi connectivity index (χ1n) is 11.5. The molecule has 0 saturated carbocycles. The van der Waals surface area contributed by atoms with Gasteiger partial charge in [-0.2, -0.15) is 0 Å². The van der Waals surface area contributed by atoms with Gasteiger partial charge in [0.15, 0.2) is 11.2 Å². The van der Waals surface area contributed by atoms with Gasteiger partial charge in [-0.25, -0.2) is 0 Å². The molecule has 0 aliphatic rings. The Morgan fingerprint density at radius 1 is 0.588 bits per heavy atom. The normalized spacial score (nSPS) is 11.8. The molecule has 3 heteroatoms. The maximum atomic E-state index is 6.48. The zero-order chi connectivity index (χ0) is 22.8. The minimum Gasteiger partial charge on any atom is -0.452 e. The molecule has 7 aromatic rings. The van der Waals surface area contributed by atoms with E-state index in [9.17, 15) is 0 Å². The van der Waals surface area contributed by atoms with Crippen molar-refractivity contribution in [2.24, 2.45) is 0 Å². The van der Waals surface area contributed by atoms with Crippen LogP contribution in [-0.4, -0.2) is 4.98 Å². The van der Waals surface area contributed by atoms with E-state index in [1.807, 2.05) is 48.7 Å². The molecule has 162 valence electrons. The van der Waals surface area contributed by atoms with Crippen LogP contribution in [0.25, 0.3) is 66.3 Å². The number of hydrogen-bond acceptors (Lipinski definition) is 3. The molecule has 0 bridgehead atoms. The molecule has 7 rings (SSSR count). The molecule has 0 saturated heterocycles. The van der Waals surface area contributed by atoms with Crippen molar-refractivity contribution in [2.45, 2.75) is 13.8 Å². The highest BCUT2D eigenvalue weighted by atomic mass is 16.4. The summed E-state index contributed by atoms with van der Waals surface area (Å²) >= 11 is 0. The summed E-state index contributed by atoms with van der Waals surface area (Å²) in [6.45, 7) is 4.26. The summed E-state index contributed by atoms with van der Waals surface area (Å²) in [6, 6.07) is 29.2. The summed E-state index contributed by atoms with van der Waals surface area (Å²) in [5.74, 6) is 0. The van der Waals surface area contributed by atoms with Gasteiger partial charge in [0, 0.05) is 33.3 Å². The fourth-order valence-corrected chi connectivity index (χ4v) is 5.20. The third kappa shape index (κ3) is 2.67. The highest BCUT2D eigenvalue weighted by Crippen LogP contribution is 2.45. The van der Waals surface area contributed by atoms with Crippen LogP contribution in [-0.2, 0) is 0 Å². The number of benzene rings is 4. The molecule has 3 nitrogen and oxygen atoms in total. The molecule has 0 aliphatic carbocycles. The Bertz CT molecular complexity index is 1870. The SMILES string of the molecule is Cc1cccc2oc3c(cc(-c4ccnc(-c5ccccc5)c4)c4c3oc3cccc(C)c34)c12. The standard InChI is InChI=1S/C31H21NO2/c1-18-8-6-12-25-27(18)23-17-22(21-14-15-32-24(16-21)20-10-4-3-5-11-20)29-28-19(2)9-7-13-26(28)34-31(29)30(23)33-25/h3-17H,1-2H3. The molecule has 4 aromatic carbocycles. The molecule has 0 unspecified atom stereocenters. The number of hydrogen-bond donors (Lipinski definition) is 0. The van der Waals surface area contributed by atoms with E-state index in [4.69, 9.17) is 8.83 Å². The predicted molar refractivity (Wildman–Crippen MR) is 139 cm³/mol. The first-order chi connectivity index (χ1) is 16.7. The topological polar surface area (TPSA) is 39.2 Å². The monoisotopic (exact) mass is 439 g/mol. The van der Waals surface area contributed by atoms with E-state index < -0.39 is 0 Å². The van der Waals surface area contributed by atoms with E-state index in [1.54, 1.807) is 0 Å². The predicted octanol–water partition coefficient (Wildman–Crippen LogP) is 8.83. The number of aryl methyl sites for hydroxylation is 2. The zero-order valence-corrected chi connectivity index (χ0v) is 18.9. The van der Waals surface area contributed by atoms with Gasteiger partial charge >= 0.3 is 0 Å². The van der Waals surface area contributed by atoms with Gasteiger partial charge < -0.3 is 8.83 Å². The van der Waals surface area contributed by atoms with Crippen LogP contribution >= 0.6 is 0 Å². The van der Waals surface area contributed by atoms with Crippen LogP contribution in [0.1, 0.15) is 11.1 Å². The number of fused-ring (bicyclic) bond motifs is 7. The van der Waals surface area contributed by atoms with E-state index in [2.05, 4.69) is 61.3 Å². The molecule has 0 fully saturated rings. The van der Waals surface area contributed by atoms with Gasteiger partial charge in [-0.3, -0.25) is 4.98 Å². The highest BCUT2D eigenvalue weighted by molar-refractivity contribution is 6.24. The maximum Gasteiger partial charge on any atom is 0.179 e. The third-order valence-electron chi connectivity index (χ3n) is 6.79. The Morgan fingerprint density at radius 3 is 2.09 bits per heavy atom. The van der Waals surface area contributed by atoms with Crippen molar-refractivity contribution in [3.63, 3.8) is 0 Å². The average molecular weight is 440 g/mol. The maximum absolute atomic E-state index is 6.48. The van der Waals surface area contributed by atoms with E-state index >= 15 is 0 Å². The Labute approximate surface area is 196 Å². The van der Waals surface area contributed by atoms with Gasteiger partial charge in [0.2, 0.25) is 0 Å². The summed E-state index contributed by atoms with van der Waals surface area (Å²) in [7, 11) is 0. The lowest BCUT2D eigenvalue weighted by Gasteiger charge is -2.08. The second-order valence-corrected chi connectivity index (χ2v) is 8.90. The number of rotatable bonds is 2. The van der Waals surface area contributed by atoms with Crippen LogP contribution in [0.5, 0.6) is 0 Å². The molecular weight excluding hydrogens is 418 g/mol. The Kier molecular flexibility index (Phi) is 3.97. The molecule has 0 amide bonds. The molecule has 0 radical (unpaired) electrons. The van der Waals surface area contributed by atoms with E-state index in [0.29, 0.717) is 0 Å². The van der Waals surface area contributed by atoms with Crippen molar-refractivity contribution in [1.82, 2.24) is 4.98 Å². The van der Waals surface area contributed by atoms with E-state index in [-0.39, 0.29) is 0 Å². The molecule has 0 spiro atoms. The lowest BCUT2D eigenvalue weighted by atomic mass is 9.94. The Hall–Kier alpha value is -4.37. The largest absolute Gasteiger partial charge is 0.452 e. The van der Waals surface area contributed by atoms with Crippen molar-refractivity contribution in [2.75, 3.05) is 0 Å². The molecular formula is C31H21NO2. The van der Waals surface area contributed by atoms with Crippen molar-refractivity contribution in [3.8, 4) is 22.4 Å². The number of pyridine rings is 1. The van der Waals surface area contributed by atoms with E-state index in [1.165, 1.54) is 11.1 Å². The molecule has 3 aromatic heterocycles. The second kappa shape index (κ2) is 7.06.